The summed E-state index contributed by atoms with van der Waals surface area (Å²) >= 11 is 11.7. The number of nitrogens with one attached hydrogen (secondary N) is 2. The molecule has 0 unspecified atom stereocenters. The first-order valence-electron chi connectivity index (χ1n) is 5.41. The standard InChI is InChI=1S/C12H13Cl2N3O/c1-6-9(7(2)17-16-6)5-15-8-3-10(13)12(18)11(14)4-8/h3-4,15,18H,5H2,1-2H3,(H,16,17). The Bertz CT molecular complexity index is 538. The van der Waals surface area contributed by atoms with Crippen molar-refractivity contribution < 1.29 is 5.11 Å². The van der Waals surface area contributed by atoms with E-state index in [9.17, 15) is 5.11 Å². The van der Waals surface area contributed by atoms with Crippen LogP contribution in [0.5, 0.6) is 5.75 Å². The molecule has 96 valence electrons. The third-order valence-electron chi connectivity index (χ3n) is 2.77. The van der Waals surface area contributed by atoms with Gasteiger partial charge in [0.15, 0.2) is 5.75 Å². The van der Waals surface area contributed by atoms with E-state index in [1.54, 1.807) is 12.1 Å². The van der Waals surface area contributed by atoms with Crippen molar-refractivity contribution >= 4 is 28.9 Å². The number of H-pyrrole nitrogens is 1. The van der Waals surface area contributed by atoms with Gasteiger partial charge in [0, 0.05) is 23.5 Å². The number of aromatic hydroxyl groups is 1. The number of aromatic amines is 1. The quantitative estimate of drug-likeness (QED) is 0.755. The van der Waals surface area contributed by atoms with Gasteiger partial charge in [0.2, 0.25) is 0 Å². The fourth-order valence-corrected chi connectivity index (χ4v) is 2.18. The van der Waals surface area contributed by atoms with E-state index in [-0.39, 0.29) is 15.8 Å². The molecule has 1 aromatic heterocycles. The number of nitrogens with zero attached hydrogens (tertiary/aromatic N) is 1. The third-order valence-corrected chi connectivity index (χ3v) is 3.34. The van der Waals surface area contributed by atoms with Crippen molar-refractivity contribution in [3.63, 3.8) is 0 Å². The molecule has 18 heavy (non-hydrogen) atoms. The monoisotopic (exact) mass is 285 g/mol. The van der Waals surface area contributed by atoms with E-state index in [1.165, 1.54) is 0 Å². The van der Waals surface area contributed by atoms with E-state index >= 15 is 0 Å². The van der Waals surface area contributed by atoms with E-state index in [2.05, 4.69) is 15.5 Å². The molecule has 0 aliphatic heterocycles. The zero-order valence-electron chi connectivity index (χ0n) is 10.0. The lowest BCUT2D eigenvalue weighted by atomic mass is 10.2. The molecule has 0 radical (unpaired) electrons. The molecule has 0 aliphatic carbocycles. The molecule has 1 aromatic carbocycles. The van der Waals surface area contributed by atoms with E-state index in [1.807, 2.05) is 13.8 Å². The minimum absolute atomic E-state index is 0.0976. The van der Waals surface area contributed by atoms with Gasteiger partial charge >= 0.3 is 0 Å². The highest BCUT2D eigenvalue weighted by Crippen LogP contribution is 2.34. The van der Waals surface area contributed by atoms with Gasteiger partial charge in [0.1, 0.15) is 0 Å². The highest BCUT2D eigenvalue weighted by molar-refractivity contribution is 6.37. The van der Waals surface area contributed by atoms with Crippen molar-refractivity contribution in [2.24, 2.45) is 0 Å². The molecule has 0 aliphatic rings. The van der Waals surface area contributed by atoms with Crippen LogP contribution in [0.25, 0.3) is 0 Å². The number of benzene rings is 1. The summed E-state index contributed by atoms with van der Waals surface area (Å²) in [6.45, 7) is 4.52. The van der Waals surface area contributed by atoms with Crippen LogP contribution in [-0.2, 0) is 6.54 Å². The largest absolute Gasteiger partial charge is 0.505 e. The highest BCUT2D eigenvalue weighted by atomic mass is 35.5. The summed E-state index contributed by atoms with van der Waals surface area (Å²) in [4.78, 5) is 0. The maximum atomic E-state index is 9.46. The highest BCUT2D eigenvalue weighted by Gasteiger charge is 2.09. The minimum atomic E-state index is -0.0976. The summed E-state index contributed by atoms with van der Waals surface area (Å²) in [5, 5.41) is 20.2. The van der Waals surface area contributed by atoms with Gasteiger partial charge in [-0.1, -0.05) is 23.2 Å². The number of aromatic nitrogens is 2. The summed E-state index contributed by atoms with van der Waals surface area (Å²) in [7, 11) is 0. The van der Waals surface area contributed by atoms with Crippen molar-refractivity contribution in [2.45, 2.75) is 20.4 Å². The van der Waals surface area contributed by atoms with Crippen LogP contribution < -0.4 is 5.32 Å². The number of hydrogen-bond donors (Lipinski definition) is 3. The first-order valence-corrected chi connectivity index (χ1v) is 6.17. The normalized spacial score (nSPS) is 10.7. The van der Waals surface area contributed by atoms with Gasteiger partial charge in [-0.15, -0.1) is 0 Å². The fourth-order valence-electron chi connectivity index (χ4n) is 1.69. The Kier molecular flexibility index (Phi) is 3.68. The average Bonchev–Trinajstić information content (AvgIpc) is 2.63. The molecule has 1 heterocycles. The summed E-state index contributed by atoms with van der Waals surface area (Å²) < 4.78 is 0. The molecule has 0 saturated heterocycles. The fraction of sp³-hybridized carbons (Fsp3) is 0.250. The Morgan fingerprint density at radius 3 is 2.39 bits per heavy atom. The first-order chi connectivity index (χ1) is 8.49. The summed E-state index contributed by atoms with van der Waals surface area (Å²) in [5.41, 5.74) is 3.84. The van der Waals surface area contributed by atoms with Gasteiger partial charge in [0.05, 0.1) is 15.7 Å². The minimum Gasteiger partial charge on any atom is -0.505 e. The number of phenols is 1. The van der Waals surface area contributed by atoms with Crippen LogP contribution in [0, 0.1) is 13.8 Å². The van der Waals surface area contributed by atoms with Crippen molar-refractivity contribution in [2.75, 3.05) is 5.32 Å². The summed E-state index contributed by atoms with van der Waals surface area (Å²) in [5.74, 6) is -0.0976. The van der Waals surface area contributed by atoms with Gasteiger partial charge in [-0.3, -0.25) is 5.10 Å². The number of rotatable bonds is 3. The molecule has 3 N–H and O–H groups in total. The lowest BCUT2D eigenvalue weighted by Crippen LogP contribution is -2.01. The second kappa shape index (κ2) is 5.08. The van der Waals surface area contributed by atoms with Crippen LogP contribution in [-0.4, -0.2) is 15.3 Å². The van der Waals surface area contributed by atoms with Crippen molar-refractivity contribution in [3.05, 3.63) is 39.1 Å². The smallest absolute Gasteiger partial charge is 0.152 e. The third kappa shape index (κ3) is 2.54. The average molecular weight is 286 g/mol. The molecular weight excluding hydrogens is 273 g/mol. The summed E-state index contributed by atoms with van der Waals surface area (Å²) in [6.07, 6.45) is 0. The molecule has 0 saturated carbocycles. The second-order valence-electron chi connectivity index (χ2n) is 4.05. The molecule has 4 nitrogen and oxygen atoms in total. The zero-order valence-corrected chi connectivity index (χ0v) is 11.5. The van der Waals surface area contributed by atoms with Crippen LogP contribution in [0.2, 0.25) is 10.0 Å². The van der Waals surface area contributed by atoms with Gasteiger partial charge in [-0.25, -0.2) is 0 Å². The molecule has 0 atom stereocenters. The molecule has 2 aromatic rings. The predicted octanol–water partition coefficient (Wildman–Crippen LogP) is 3.65. The first kappa shape index (κ1) is 13.1. The van der Waals surface area contributed by atoms with Crippen molar-refractivity contribution in [1.29, 1.82) is 0 Å². The Morgan fingerprint density at radius 1 is 1.28 bits per heavy atom. The van der Waals surface area contributed by atoms with E-state index in [4.69, 9.17) is 23.2 Å². The number of aryl methyl sites for hydroxylation is 2. The lowest BCUT2D eigenvalue weighted by molar-refractivity contribution is 0.476. The summed E-state index contributed by atoms with van der Waals surface area (Å²) in [6, 6.07) is 3.26. The predicted molar refractivity (Wildman–Crippen MR) is 73.5 cm³/mol. The van der Waals surface area contributed by atoms with Crippen molar-refractivity contribution in [3.8, 4) is 5.75 Å². The van der Waals surface area contributed by atoms with Gasteiger partial charge in [-0.05, 0) is 26.0 Å². The second-order valence-corrected chi connectivity index (χ2v) is 4.87. The SMILES string of the molecule is Cc1n[nH]c(C)c1CNc1cc(Cl)c(O)c(Cl)c1. The van der Waals surface area contributed by atoms with Gasteiger partial charge in [0.25, 0.3) is 0 Å². The van der Waals surface area contributed by atoms with Crippen LogP contribution >= 0.6 is 23.2 Å². The van der Waals surface area contributed by atoms with E-state index in [0.29, 0.717) is 6.54 Å². The molecule has 0 amide bonds. The number of phenolic OH excluding ortho intramolecular Hbond substituents is 1. The molecule has 0 bridgehead atoms. The Morgan fingerprint density at radius 2 is 1.89 bits per heavy atom. The van der Waals surface area contributed by atoms with E-state index < -0.39 is 0 Å². The Hall–Kier alpha value is -1.39. The van der Waals surface area contributed by atoms with Crippen LogP contribution in [0.1, 0.15) is 17.0 Å². The number of halogens is 2. The molecule has 0 spiro atoms. The molecule has 2 rings (SSSR count). The molecule has 0 fully saturated rings. The van der Waals surface area contributed by atoms with Crippen LogP contribution in [0.4, 0.5) is 5.69 Å². The Balaban J connectivity index is 2.16. The molecule has 6 heteroatoms. The maximum absolute atomic E-state index is 9.46. The van der Waals surface area contributed by atoms with Crippen molar-refractivity contribution in [1.82, 2.24) is 10.2 Å². The number of anilines is 1. The van der Waals surface area contributed by atoms with Gasteiger partial charge in [-0.2, -0.15) is 5.10 Å². The topological polar surface area (TPSA) is 60.9 Å². The van der Waals surface area contributed by atoms with Gasteiger partial charge < -0.3 is 10.4 Å². The zero-order chi connectivity index (χ0) is 13.3. The van der Waals surface area contributed by atoms with Crippen LogP contribution in [0.3, 0.4) is 0 Å². The Labute approximate surface area is 115 Å². The molecular formula is C12H13Cl2N3O. The maximum Gasteiger partial charge on any atom is 0.152 e. The van der Waals surface area contributed by atoms with E-state index in [0.717, 1.165) is 22.6 Å². The number of hydrogen-bond acceptors (Lipinski definition) is 3. The lowest BCUT2D eigenvalue weighted by Gasteiger charge is -2.09. The van der Waals surface area contributed by atoms with Crippen LogP contribution in [0.15, 0.2) is 12.1 Å².